The molecule has 1 aromatic rings. The van der Waals surface area contributed by atoms with Gasteiger partial charge in [-0.05, 0) is 80.8 Å². The number of carboxylic acid groups (broad SMARTS) is 1. The zero-order valence-corrected chi connectivity index (χ0v) is 19.7. The van der Waals surface area contributed by atoms with Crippen LogP contribution in [0.5, 0.6) is 0 Å². The number of alkyl halides is 3. The van der Waals surface area contributed by atoms with Crippen molar-refractivity contribution in [1.29, 1.82) is 0 Å². The molecule has 1 aromatic carbocycles. The van der Waals surface area contributed by atoms with Crippen molar-refractivity contribution in [2.45, 2.75) is 50.6 Å². The van der Waals surface area contributed by atoms with Crippen LogP contribution in [-0.2, 0) is 9.53 Å². The number of hydrogen-bond donors (Lipinski definition) is 2. The molecule has 0 radical (unpaired) electrons. The Kier molecular flexibility index (Phi) is 9.79. The minimum absolute atomic E-state index is 0.688. The Hall–Kier alpha value is -2.10. The van der Waals surface area contributed by atoms with E-state index in [9.17, 15) is 13.2 Å². The third-order valence-electron chi connectivity index (χ3n) is 6.85. The van der Waals surface area contributed by atoms with Crippen LogP contribution in [0.2, 0.25) is 0 Å². The summed E-state index contributed by atoms with van der Waals surface area (Å²) in [6, 6.07) is 6.82. The third kappa shape index (κ3) is 7.99. The molecule has 9 heteroatoms. The maximum atomic E-state index is 10.6. The van der Waals surface area contributed by atoms with Gasteiger partial charge in [-0.25, -0.2) is 4.79 Å². The Bertz CT molecular complexity index is 830. The van der Waals surface area contributed by atoms with E-state index in [0.29, 0.717) is 5.92 Å². The average Bonchev–Trinajstić information content (AvgIpc) is 2.84. The minimum Gasteiger partial charge on any atom is -0.475 e. The zero-order valence-electron chi connectivity index (χ0n) is 19.7. The molecule has 6 nitrogen and oxygen atoms in total. The first kappa shape index (κ1) is 26.5. The summed E-state index contributed by atoms with van der Waals surface area (Å²) >= 11 is 0. The molecule has 0 bridgehead atoms. The Morgan fingerprint density at radius 2 is 1.68 bits per heavy atom. The summed E-state index contributed by atoms with van der Waals surface area (Å²) in [5.74, 6) is -2.07. The summed E-state index contributed by atoms with van der Waals surface area (Å²) in [7, 11) is 0. The molecule has 0 amide bonds. The molecule has 0 atom stereocenters. The highest BCUT2D eigenvalue weighted by molar-refractivity contribution is 5.76. The molecular formula is C25H36F3N3O3. The van der Waals surface area contributed by atoms with Crippen molar-refractivity contribution < 1.29 is 27.8 Å². The Balaban J connectivity index is 0.000000406. The first-order valence-electron chi connectivity index (χ1n) is 12.2. The number of hydrogen-bond acceptors (Lipinski definition) is 5. The Labute approximate surface area is 199 Å². The van der Waals surface area contributed by atoms with E-state index in [0.717, 1.165) is 32.0 Å². The lowest BCUT2D eigenvalue weighted by Crippen LogP contribution is -2.43. The largest absolute Gasteiger partial charge is 0.490 e. The average molecular weight is 484 g/mol. The molecule has 3 N–H and O–H groups in total. The number of nitrogen functional groups attached to an aromatic ring is 1. The molecule has 2 fully saturated rings. The Morgan fingerprint density at radius 1 is 1.06 bits per heavy atom. The van der Waals surface area contributed by atoms with Crippen molar-refractivity contribution in [3.05, 3.63) is 35.4 Å². The van der Waals surface area contributed by atoms with Gasteiger partial charge in [0.25, 0.3) is 0 Å². The standard InChI is InChI=1S/C23H35N3O.C2HF3O2/c24-23-7-6-21(18-22(23)20-4-2-1-3-5-20)19-8-10-25(11-9-19)12-13-26-14-16-27-17-15-26;3-2(4,5)1(6)7/h4,6-7,18-19H,1-3,5,8-17,24H2;(H,6,7). The summed E-state index contributed by atoms with van der Waals surface area (Å²) in [6.45, 7) is 8.83. The summed E-state index contributed by atoms with van der Waals surface area (Å²) in [5, 5.41) is 7.12. The predicted molar refractivity (Wildman–Crippen MR) is 127 cm³/mol. The molecule has 0 saturated carbocycles. The van der Waals surface area contributed by atoms with Crippen LogP contribution in [0.1, 0.15) is 55.6 Å². The number of rotatable bonds is 5. The second-order valence-corrected chi connectivity index (χ2v) is 9.19. The summed E-state index contributed by atoms with van der Waals surface area (Å²) in [6.07, 6.45) is 4.89. The van der Waals surface area contributed by atoms with E-state index in [2.05, 4.69) is 34.1 Å². The molecule has 3 aliphatic rings. The van der Waals surface area contributed by atoms with Crippen molar-refractivity contribution in [3.63, 3.8) is 0 Å². The fourth-order valence-corrected chi connectivity index (χ4v) is 4.79. The highest BCUT2D eigenvalue weighted by atomic mass is 19.4. The van der Waals surface area contributed by atoms with E-state index >= 15 is 0 Å². The lowest BCUT2D eigenvalue weighted by molar-refractivity contribution is -0.192. The molecule has 2 aliphatic heterocycles. The molecule has 190 valence electrons. The van der Waals surface area contributed by atoms with Gasteiger partial charge in [0, 0.05) is 37.4 Å². The monoisotopic (exact) mass is 483 g/mol. The molecule has 0 aromatic heterocycles. The number of anilines is 1. The highest BCUT2D eigenvalue weighted by Crippen LogP contribution is 2.35. The van der Waals surface area contributed by atoms with Gasteiger partial charge in [-0.2, -0.15) is 13.2 Å². The summed E-state index contributed by atoms with van der Waals surface area (Å²) in [4.78, 5) is 14.1. The van der Waals surface area contributed by atoms with Crippen LogP contribution in [0.4, 0.5) is 18.9 Å². The van der Waals surface area contributed by atoms with E-state index in [1.54, 1.807) is 0 Å². The van der Waals surface area contributed by atoms with Gasteiger partial charge in [-0.15, -0.1) is 0 Å². The summed E-state index contributed by atoms with van der Waals surface area (Å²) in [5.41, 5.74) is 11.6. The number of piperidine rings is 1. The fraction of sp³-hybridized carbons (Fsp3) is 0.640. The van der Waals surface area contributed by atoms with E-state index in [1.165, 1.54) is 81.4 Å². The number of ether oxygens (including phenoxy) is 1. The van der Waals surface area contributed by atoms with E-state index < -0.39 is 12.1 Å². The van der Waals surface area contributed by atoms with Gasteiger partial charge in [0.2, 0.25) is 0 Å². The normalized spacial score (nSPS) is 20.9. The van der Waals surface area contributed by atoms with E-state index in [4.69, 9.17) is 20.4 Å². The zero-order chi connectivity index (χ0) is 24.6. The van der Waals surface area contributed by atoms with Crippen LogP contribution in [0.3, 0.4) is 0 Å². The maximum Gasteiger partial charge on any atom is 0.490 e. The van der Waals surface area contributed by atoms with Crippen molar-refractivity contribution >= 4 is 17.2 Å². The molecular weight excluding hydrogens is 447 g/mol. The van der Waals surface area contributed by atoms with Crippen molar-refractivity contribution in [3.8, 4) is 0 Å². The number of allylic oxidation sites excluding steroid dienone is 2. The molecule has 0 unspecified atom stereocenters. The van der Waals surface area contributed by atoms with E-state index in [-0.39, 0.29) is 0 Å². The highest BCUT2D eigenvalue weighted by Gasteiger charge is 2.38. The molecule has 4 rings (SSSR count). The van der Waals surface area contributed by atoms with Crippen LogP contribution in [0.25, 0.3) is 5.57 Å². The van der Waals surface area contributed by atoms with Gasteiger partial charge < -0.3 is 20.5 Å². The number of nitrogens with two attached hydrogens (primary N) is 1. The second kappa shape index (κ2) is 12.6. The Morgan fingerprint density at radius 3 is 2.24 bits per heavy atom. The number of aliphatic carboxylic acids is 1. The fourth-order valence-electron chi connectivity index (χ4n) is 4.79. The van der Waals surface area contributed by atoms with Gasteiger partial charge in [0.1, 0.15) is 0 Å². The van der Waals surface area contributed by atoms with Gasteiger partial charge in [0.15, 0.2) is 0 Å². The van der Waals surface area contributed by atoms with Crippen LogP contribution < -0.4 is 5.73 Å². The number of benzene rings is 1. The molecule has 2 saturated heterocycles. The first-order valence-corrected chi connectivity index (χ1v) is 12.2. The minimum atomic E-state index is -5.08. The third-order valence-corrected chi connectivity index (χ3v) is 6.85. The van der Waals surface area contributed by atoms with Crippen LogP contribution in [0, 0.1) is 0 Å². The number of likely N-dealkylation sites (tertiary alicyclic amines) is 1. The van der Waals surface area contributed by atoms with Gasteiger partial charge in [0.05, 0.1) is 13.2 Å². The first-order chi connectivity index (χ1) is 16.2. The number of carboxylic acids is 1. The summed E-state index contributed by atoms with van der Waals surface area (Å²) < 4.78 is 37.2. The lowest BCUT2D eigenvalue weighted by Gasteiger charge is -2.35. The van der Waals surface area contributed by atoms with Crippen LogP contribution >= 0.6 is 0 Å². The maximum absolute atomic E-state index is 10.6. The van der Waals surface area contributed by atoms with Gasteiger partial charge in [-0.1, -0.05) is 12.1 Å². The SMILES string of the molecule is Nc1ccc(C2CCN(CCN3CCOCC3)CC2)cc1C1=CCCCC1.O=C(O)C(F)(F)F. The van der Waals surface area contributed by atoms with Gasteiger partial charge >= 0.3 is 12.1 Å². The second-order valence-electron chi connectivity index (χ2n) is 9.19. The number of carbonyl (C=O) groups is 1. The number of nitrogens with zero attached hydrogens (tertiary/aromatic N) is 2. The molecule has 0 spiro atoms. The van der Waals surface area contributed by atoms with Crippen molar-refractivity contribution in [2.75, 3.05) is 58.2 Å². The molecule has 1 aliphatic carbocycles. The van der Waals surface area contributed by atoms with Crippen molar-refractivity contribution in [1.82, 2.24) is 9.80 Å². The van der Waals surface area contributed by atoms with Crippen molar-refractivity contribution in [2.24, 2.45) is 0 Å². The van der Waals surface area contributed by atoms with Gasteiger partial charge in [-0.3, -0.25) is 4.90 Å². The number of morpholine rings is 1. The smallest absolute Gasteiger partial charge is 0.475 e. The predicted octanol–water partition coefficient (Wildman–Crippen LogP) is 4.37. The van der Waals surface area contributed by atoms with Crippen LogP contribution in [0.15, 0.2) is 24.3 Å². The quantitative estimate of drug-likeness (QED) is 0.606. The molecule has 2 heterocycles. The van der Waals surface area contributed by atoms with Crippen LogP contribution in [-0.4, -0.2) is 79.5 Å². The van der Waals surface area contributed by atoms with E-state index in [1.807, 2.05) is 0 Å². The topological polar surface area (TPSA) is 79.0 Å². The lowest BCUT2D eigenvalue weighted by atomic mass is 9.85. The number of halogens is 3. The molecule has 34 heavy (non-hydrogen) atoms.